The molecule has 27 heavy (non-hydrogen) atoms. The predicted octanol–water partition coefficient (Wildman–Crippen LogP) is 2.12. The van der Waals surface area contributed by atoms with Gasteiger partial charge in [-0.05, 0) is 25.1 Å². The minimum atomic E-state index is -0.812. The molecule has 1 amide bonds. The van der Waals surface area contributed by atoms with Gasteiger partial charge in [0.05, 0.1) is 40.9 Å². The van der Waals surface area contributed by atoms with Crippen LogP contribution in [0, 0.1) is 12.7 Å². The van der Waals surface area contributed by atoms with E-state index in [4.69, 9.17) is 33.9 Å². The number of amides is 1. The Morgan fingerprint density at radius 3 is 2.93 bits per heavy atom. The molecule has 2 aromatic carbocycles. The first kappa shape index (κ1) is 19.2. The minimum Gasteiger partial charge on any atom is -0.394 e. The van der Waals surface area contributed by atoms with Crippen molar-refractivity contribution >= 4 is 53.2 Å². The van der Waals surface area contributed by atoms with Crippen molar-refractivity contribution in [2.24, 2.45) is 0 Å². The van der Waals surface area contributed by atoms with Crippen LogP contribution in [0.5, 0.6) is 0 Å². The molecule has 0 saturated heterocycles. The van der Waals surface area contributed by atoms with Crippen molar-refractivity contribution in [3.63, 3.8) is 0 Å². The second-order valence-electron chi connectivity index (χ2n) is 5.63. The van der Waals surface area contributed by atoms with Gasteiger partial charge in [0.25, 0.3) is 5.91 Å². The molecule has 7 nitrogen and oxygen atoms in total. The third-order valence-corrected chi connectivity index (χ3v) is 4.05. The maximum atomic E-state index is 15.1. The molecule has 0 aliphatic heterocycles. The molecule has 3 rings (SSSR count). The zero-order chi connectivity index (χ0) is 19.6. The van der Waals surface area contributed by atoms with Crippen LogP contribution < -0.4 is 16.3 Å². The fourth-order valence-electron chi connectivity index (χ4n) is 2.44. The van der Waals surface area contributed by atoms with E-state index in [0.717, 1.165) is 0 Å². The number of aliphatic hydroxyl groups excluding tert-OH is 1. The maximum Gasteiger partial charge on any atom is 0.277 e. The van der Waals surface area contributed by atoms with Crippen molar-refractivity contribution in [2.45, 2.75) is 6.92 Å². The third kappa shape index (κ3) is 3.90. The van der Waals surface area contributed by atoms with Crippen LogP contribution in [0.25, 0.3) is 11.0 Å². The van der Waals surface area contributed by atoms with Gasteiger partial charge in [0.1, 0.15) is 7.85 Å². The number of carbonyl (C=O) groups is 1. The molecular formula is C17H14BClFN3O4. The highest BCUT2D eigenvalue weighted by Gasteiger charge is 2.23. The monoisotopic (exact) mass is 389 g/mol. The van der Waals surface area contributed by atoms with E-state index in [-0.39, 0.29) is 35.1 Å². The zero-order valence-corrected chi connectivity index (χ0v) is 14.9. The lowest BCUT2D eigenvalue weighted by Crippen LogP contribution is -2.26. The lowest BCUT2D eigenvalue weighted by molar-refractivity contribution is 0.0169. The molecule has 0 aliphatic carbocycles. The van der Waals surface area contributed by atoms with Gasteiger partial charge in [-0.15, -0.1) is 0 Å². The molecule has 0 saturated carbocycles. The molecule has 0 bridgehead atoms. The Morgan fingerprint density at radius 2 is 2.22 bits per heavy atom. The van der Waals surface area contributed by atoms with E-state index < -0.39 is 11.7 Å². The summed E-state index contributed by atoms with van der Waals surface area (Å²) < 4.78 is 20.1. The quantitative estimate of drug-likeness (QED) is 0.339. The van der Waals surface area contributed by atoms with E-state index in [9.17, 15) is 4.79 Å². The number of benzene rings is 2. The molecule has 0 atom stereocenters. The molecule has 2 radical (unpaired) electrons. The van der Waals surface area contributed by atoms with Gasteiger partial charge >= 0.3 is 0 Å². The summed E-state index contributed by atoms with van der Waals surface area (Å²) in [5, 5.41) is 15.9. The topological polar surface area (TPSA) is 96.6 Å². The number of nitrogens with one attached hydrogen (secondary N) is 2. The minimum absolute atomic E-state index is 0.0582. The van der Waals surface area contributed by atoms with Gasteiger partial charge in [-0.1, -0.05) is 28.3 Å². The van der Waals surface area contributed by atoms with E-state index in [1.165, 1.54) is 12.1 Å². The summed E-state index contributed by atoms with van der Waals surface area (Å²) in [6.07, 6.45) is 0. The van der Waals surface area contributed by atoms with Crippen molar-refractivity contribution in [3.05, 3.63) is 46.4 Å². The van der Waals surface area contributed by atoms with Gasteiger partial charge in [-0.3, -0.25) is 9.63 Å². The van der Waals surface area contributed by atoms with Gasteiger partial charge in [-0.2, -0.15) is 0 Å². The first-order chi connectivity index (χ1) is 12.9. The smallest absolute Gasteiger partial charge is 0.277 e. The summed E-state index contributed by atoms with van der Waals surface area (Å²) in [6.45, 7) is 1.22. The predicted molar refractivity (Wildman–Crippen MR) is 99.3 cm³/mol. The summed E-state index contributed by atoms with van der Waals surface area (Å²) in [7, 11) is 5.66. The van der Waals surface area contributed by atoms with Gasteiger partial charge in [0, 0.05) is 5.39 Å². The number of carbonyl (C=O) groups excluding carboxylic acids is 1. The highest BCUT2D eigenvalue weighted by atomic mass is 35.5. The summed E-state index contributed by atoms with van der Waals surface area (Å²) in [4.78, 5) is 17.3. The van der Waals surface area contributed by atoms with E-state index in [1.54, 1.807) is 19.1 Å². The van der Waals surface area contributed by atoms with E-state index >= 15 is 4.39 Å². The van der Waals surface area contributed by atoms with Crippen molar-refractivity contribution in [3.8, 4) is 0 Å². The number of aromatic nitrogens is 1. The molecule has 0 unspecified atom stereocenters. The Balaban J connectivity index is 2.09. The molecule has 0 aliphatic rings. The first-order valence-electron chi connectivity index (χ1n) is 7.86. The Bertz CT molecular complexity index is 1010. The molecule has 3 N–H and O–H groups in total. The van der Waals surface area contributed by atoms with Gasteiger partial charge in [0.15, 0.2) is 5.82 Å². The van der Waals surface area contributed by atoms with Crippen LogP contribution >= 0.6 is 11.6 Å². The number of hydrogen-bond acceptors (Lipinski definition) is 6. The number of rotatable bonds is 6. The third-order valence-electron chi connectivity index (χ3n) is 3.74. The Kier molecular flexibility index (Phi) is 5.64. The number of anilines is 2. The molecule has 0 fully saturated rings. The fourth-order valence-corrected chi connectivity index (χ4v) is 2.68. The Morgan fingerprint density at radius 1 is 1.44 bits per heavy atom. The SMILES string of the molecule is [B]c1ccc(Nc2c(C(=O)NOCCO)cc3c(C)noc3c2F)c(Cl)c1. The van der Waals surface area contributed by atoms with Crippen molar-refractivity contribution in [1.82, 2.24) is 10.6 Å². The summed E-state index contributed by atoms with van der Waals surface area (Å²) in [5.74, 6) is -1.53. The molecule has 1 heterocycles. The molecule has 138 valence electrons. The summed E-state index contributed by atoms with van der Waals surface area (Å²) in [6, 6.07) is 6.04. The normalized spacial score (nSPS) is 11.0. The number of hydroxylamine groups is 1. The Labute approximate surface area is 159 Å². The van der Waals surface area contributed by atoms with E-state index in [1.807, 2.05) is 0 Å². The van der Waals surface area contributed by atoms with E-state index in [0.29, 0.717) is 22.2 Å². The number of nitrogens with zero attached hydrogens (tertiary/aromatic N) is 1. The zero-order valence-electron chi connectivity index (χ0n) is 14.2. The van der Waals surface area contributed by atoms with Crippen LogP contribution in [-0.4, -0.2) is 37.2 Å². The average Bonchev–Trinajstić information content (AvgIpc) is 3.00. The largest absolute Gasteiger partial charge is 0.394 e. The maximum absolute atomic E-state index is 15.1. The van der Waals surface area contributed by atoms with Crippen LogP contribution in [-0.2, 0) is 4.84 Å². The number of halogens is 2. The second-order valence-corrected chi connectivity index (χ2v) is 6.03. The first-order valence-corrected chi connectivity index (χ1v) is 8.23. The van der Waals surface area contributed by atoms with Crippen molar-refractivity contribution < 1.29 is 23.7 Å². The summed E-state index contributed by atoms with van der Waals surface area (Å²) >= 11 is 6.13. The van der Waals surface area contributed by atoms with Gasteiger partial charge < -0.3 is 14.9 Å². The van der Waals surface area contributed by atoms with Crippen molar-refractivity contribution in [1.29, 1.82) is 0 Å². The number of aryl methyl sites for hydroxylation is 1. The molecule has 10 heteroatoms. The standard InChI is InChI=1S/C17H14BClFN3O4/c1-8-10-7-11(17(25)23-26-5-4-24)15(14(20)16(10)27-22-8)21-13-3-2-9(18)6-12(13)19/h2-3,6-7,21,24H,4-5H2,1H3,(H,23,25). The fraction of sp³-hybridized carbons (Fsp3) is 0.176. The molecule has 3 aromatic rings. The number of fused-ring (bicyclic) bond motifs is 1. The average molecular weight is 390 g/mol. The Hall–Kier alpha value is -2.62. The molecule has 1 aromatic heterocycles. The molecular weight excluding hydrogens is 375 g/mol. The lowest BCUT2D eigenvalue weighted by atomic mass is 9.96. The van der Waals surface area contributed by atoms with Gasteiger partial charge in [0.2, 0.25) is 5.58 Å². The van der Waals surface area contributed by atoms with Gasteiger partial charge in [-0.25, -0.2) is 9.87 Å². The highest BCUT2D eigenvalue weighted by molar-refractivity contribution is 6.37. The lowest BCUT2D eigenvalue weighted by Gasteiger charge is -2.15. The van der Waals surface area contributed by atoms with Crippen molar-refractivity contribution in [2.75, 3.05) is 18.5 Å². The van der Waals surface area contributed by atoms with Crippen LogP contribution in [0.15, 0.2) is 28.8 Å². The summed E-state index contributed by atoms with van der Waals surface area (Å²) in [5.41, 5.74) is 3.01. The number of aliphatic hydroxyl groups is 1. The van der Waals surface area contributed by atoms with Crippen LogP contribution in [0.2, 0.25) is 5.02 Å². The number of hydrogen-bond donors (Lipinski definition) is 3. The van der Waals surface area contributed by atoms with Crippen LogP contribution in [0.3, 0.4) is 0 Å². The van der Waals surface area contributed by atoms with Crippen LogP contribution in [0.1, 0.15) is 16.1 Å². The second kappa shape index (κ2) is 7.95. The van der Waals surface area contributed by atoms with Crippen LogP contribution in [0.4, 0.5) is 15.8 Å². The highest BCUT2D eigenvalue weighted by Crippen LogP contribution is 2.34. The molecule has 0 spiro atoms. The van der Waals surface area contributed by atoms with E-state index in [2.05, 4.69) is 16.0 Å².